The average Bonchev–Trinajstić information content (AvgIpc) is 2.86. The Kier molecular flexibility index (Phi) is 6.60. The van der Waals surface area contributed by atoms with Gasteiger partial charge in [-0.2, -0.15) is 0 Å². The van der Waals surface area contributed by atoms with E-state index in [0.29, 0.717) is 34.8 Å². The molecule has 0 aliphatic carbocycles. The molecule has 184 valence electrons. The molecule has 2 heterocycles. The number of pyridine rings is 1. The van der Waals surface area contributed by atoms with Gasteiger partial charge in [-0.15, -0.1) is 0 Å². The van der Waals surface area contributed by atoms with Crippen LogP contribution in [0, 0.1) is 0 Å². The number of nitrogens with one attached hydrogen (secondary N) is 1. The Morgan fingerprint density at radius 1 is 0.944 bits per heavy atom. The number of nitrogens with zero attached hydrogens (tertiary/aromatic N) is 2. The maximum atomic E-state index is 12.8. The summed E-state index contributed by atoms with van der Waals surface area (Å²) in [7, 11) is -3.38. The second kappa shape index (κ2) is 9.98. The molecule has 1 fully saturated rings. The standard InChI is InChI=1S/C27H25N3O5S/c31-25(16-19-6-2-1-3-7-19)35-23-17-30(18-23)27(32)21-11-13-22(14-12-21)29-36(33,34)24-10-4-8-20-9-5-15-28-26(20)24/h1-15,23,29,33-34H,16-18H2. The van der Waals surface area contributed by atoms with E-state index in [1.54, 1.807) is 53.6 Å². The maximum absolute atomic E-state index is 12.8. The summed E-state index contributed by atoms with van der Waals surface area (Å²) in [5, 5.41) is 0.802. The van der Waals surface area contributed by atoms with Gasteiger partial charge in [0.05, 0.1) is 30.7 Å². The first-order chi connectivity index (χ1) is 17.4. The minimum absolute atomic E-state index is 0.179. The van der Waals surface area contributed by atoms with Gasteiger partial charge in [0.15, 0.2) is 0 Å². The number of carbonyl (C=O) groups excluding carboxylic acids is 2. The highest BCUT2D eigenvalue weighted by molar-refractivity contribution is 8.25. The second-order valence-corrected chi connectivity index (χ2v) is 10.3. The fourth-order valence-corrected chi connectivity index (χ4v) is 5.34. The van der Waals surface area contributed by atoms with Crippen molar-refractivity contribution in [2.45, 2.75) is 17.4 Å². The van der Waals surface area contributed by atoms with Gasteiger partial charge in [0.25, 0.3) is 5.91 Å². The zero-order valence-electron chi connectivity index (χ0n) is 19.3. The number of ether oxygens (including phenoxy) is 1. The number of fused-ring (bicyclic) bond motifs is 1. The lowest BCUT2D eigenvalue weighted by molar-refractivity contribution is -0.154. The summed E-state index contributed by atoms with van der Waals surface area (Å²) in [4.78, 5) is 31.1. The first-order valence-electron chi connectivity index (χ1n) is 11.4. The average molecular weight is 504 g/mol. The summed E-state index contributed by atoms with van der Waals surface area (Å²) in [6, 6.07) is 24.7. The second-order valence-electron chi connectivity index (χ2n) is 8.54. The minimum Gasteiger partial charge on any atom is -0.458 e. The number of hydrogen-bond acceptors (Lipinski definition) is 7. The minimum atomic E-state index is -3.38. The van der Waals surface area contributed by atoms with E-state index < -0.39 is 10.8 Å². The van der Waals surface area contributed by atoms with Crippen molar-refractivity contribution >= 4 is 39.2 Å². The molecule has 3 N–H and O–H groups in total. The number of aromatic nitrogens is 1. The van der Waals surface area contributed by atoms with Gasteiger partial charge >= 0.3 is 5.97 Å². The molecule has 3 aromatic carbocycles. The van der Waals surface area contributed by atoms with E-state index in [1.807, 2.05) is 42.5 Å². The molecule has 0 saturated carbocycles. The van der Waals surface area contributed by atoms with Crippen molar-refractivity contribution in [1.82, 2.24) is 9.88 Å². The van der Waals surface area contributed by atoms with Gasteiger partial charge in [0.1, 0.15) is 11.0 Å². The van der Waals surface area contributed by atoms with Gasteiger partial charge in [0, 0.05) is 17.1 Å². The fraction of sp³-hybridized carbons (Fsp3) is 0.148. The number of carbonyl (C=O) groups is 2. The fourth-order valence-electron chi connectivity index (χ4n) is 4.06. The van der Waals surface area contributed by atoms with Gasteiger partial charge in [-0.3, -0.25) is 28.4 Å². The number of para-hydroxylation sites is 1. The van der Waals surface area contributed by atoms with Crippen molar-refractivity contribution in [2.75, 3.05) is 17.8 Å². The number of esters is 1. The van der Waals surface area contributed by atoms with Crippen LogP contribution in [-0.4, -0.2) is 50.1 Å². The molecule has 1 saturated heterocycles. The molecule has 0 spiro atoms. The number of likely N-dealkylation sites (tertiary alicyclic amines) is 1. The third-order valence-corrected chi connectivity index (χ3v) is 7.38. The van der Waals surface area contributed by atoms with Crippen LogP contribution in [0.3, 0.4) is 0 Å². The Bertz CT molecular complexity index is 1380. The Balaban J connectivity index is 1.17. The van der Waals surface area contributed by atoms with Crippen LogP contribution >= 0.6 is 10.8 Å². The number of benzene rings is 3. The molecule has 0 radical (unpaired) electrons. The molecular formula is C27H25N3O5S. The molecular weight excluding hydrogens is 478 g/mol. The van der Waals surface area contributed by atoms with Gasteiger partial charge in [0.2, 0.25) is 0 Å². The first kappa shape index (κ1) is 23.8. The van der Waals surface area contributed by atoms with Crippen molar-refractivity contribution in [3.8, 4) is 0 Å². The summed E-state index contributed by atoms with van der Waals surface area (Å²) in [5.74, 6) is -0.490. The van der Waals surface area contributed by atoms with Crippen LogP contribution in [0.15, 0.2) is 96.0 Å². The van der Waals surface area contributed by atoms with Gasteiger partial charge in [-0.05, 0) is 42.0 Å². The number of hydrogen-bond donors (Lipinski definition) is 3. The lowest BCUT2D eigenvalue weighted by Crippen LogP contribution is -2.55. The third kappa shape index (κ3) is 5.18. The van der Waals surface area contributed by atoms with Crippen molar-refractivity contribution in [2.24, 2.45) is 0 Å². The Morgan fingerprint density at radius 2 is 1.67 bits per heavy atom. The number of anilines is 1. The van der Waals surface area contributed by atoms with Crippen molar-refractivity contribution in [3.05, 3.63) is 102 Å². The normalized spacial score (nSPS) is 14.2. The van der Waals surface area contributed by atoms with E-state index in [-0.39, 0.29) is 24.4 Å². The molecule has 1 aromatic heterocycles. The molecule has 1 amide bonds. The largest absolute Gasteiger partial charge is 0.458 e. The van der Waals surface area contributed by atoms with Crippen LogP contribution in [0.5, 0.6) is 0 Å². The molecule has 0 atom stereocenters. The van der Waals surface area contributed by atoms with E-state index in [9.17, 15) is 18.7 Å². The zero-order chi connectivity index (χ0) is 25.1. The Labute approximate surface area is 210 Å². The van der Waals surface area contributed by atoms with Gasteiger partial charge in [-0.1, -0.05) is 59.3 Å². The predicted molar refractivity (Wildman–Crippen MR) is 139 cm³/mol. The van der Waals surface area contributed by atoms with Crippen LogP contribution in [0.1, 0.15) is 15.9 Å². The maximum Gasteiger partial charge on any atom is 0.310 e. The Hall–Kier alpha value is -3.92. The zero-order valence-corrected chi connectivity index (χ0v) is 20.1. The van der Waals surface area contributed by atoms with E-state index >= 15 is 0 Å². The highest BCUT2D eigenvalue weighted by atomic mass is 32.3. The van der Waals surface area contributed by atoms with Crippen LogP contribution in [0.25, 0.3) is 10.9 Å². The summed E-state index contributed by atoms with van der Waals surface area (Å²) < 4.78 is 29.9. The lowest BCUT2D eigenvalue weighted by atomic mass is 10.1. The molecule has 0 unspecified atom stereocenters. The van der Waals surface area contributed by atoms with Crippen LogP contribution in [-0.2, 0) is 16.0 Å². The highest BCUT2D eigenvalue weighted by Crippen LogP contribution is 2.50. The van der Waals surface area contributed by atoms with Crippen LogP contribution in [0.4, 0.5) is 5.69 Å². The summed E-state index contributed by atoms with van der Waals surface area (Å²) in [6.45, 7) is 0.683. The third-order valence-electron chi connectivity index (χ3n) is 5.92. The molecule has 1 aliphatic heterocycles. The Morgan fingerprint density at radius 3 is 2.42 bits per heavy atom. The van der Waals surface area contributed by atoms with E-state index in [1.165, 1.54) is 0 Å². The number of amides is 1. The molecule has 4 aromatic rings. The van der Waals surface area contributed by atoms with Gasteiger partial charge < -0.3 is 9.64 Å². The SMILES string of the molecule is O=C(Cc1ccccc1)OC1CN(C(=O)c2ccc(NS(O)(O)c3cccc4cccnc34)cc2)C1. The molecule has 8 nitrogen and oxygen atoms in total. The van der Waals surface area contributed by atoms with Crippen molar-refractivity contribution < 1.29 is 23.4 Å². The van der Waals surface area contributed by atoms with E-state index in [4.69, 9.17) is 4.74 Å². The summed E-state index contributed by atoms with van der Waals surface area (Å²) in [6.07, 6.45) is 1.49. The molecule has 1 aliphatic rings. The number of rotatable bonds is 7. The van der Waals surface area contributed by atoms with Crippen LogP contribution in [0.2, 0.25) is 0 Å². The molecule has 0 bridgehead atoms. The summed E-state index contributed by atoms with van der Waals surface area (Å²) in [5.41, 5.74) is 2.31. The highest BCUT2D eigenvalue weighted by Gasteiger charge is 2.34. The van der Waals surface area contributed by atoms with Crippen LogP contribution < -0.4 is 4.72 Å². The van der Waals surface area contributed by atoms with E-state index in [0.717, 1.165) is 10.9 Å². The molecule has 5 rings (SSSR count). The first-order valence-corrected chi connectivity index (χ1v) is 13.0. The quantitative estimate of drug-likeness (QED) is 0.305. The lowest BCUT2D eigenvalue weighted by Gasteiger charge is -2.38. The predicted octanol–water partition coefficient (Wildman–Crippen LogP) is 4.98. The monoisotopic (exact) mass is 503 g/mol. The smallest absolute Gasteiger partial charge is 0.310 e. The van der Waals surface area contributed by atoms with Gasteiger partial charge in [-0.25, -0.2) is 0 Å². The van der Waals surface area contributed by atoms with Crippen molar-refractivity contribution in [1.29, 1.82) is 0 Å². The molecule has 9 heteroatoms. The molecule has 36 heavy (non-hydrogen) atoms. The topological polar surface area (TPSA) is 112 Å². The van der Waals surface area contributed by atoms with Crippen molar-refractivity contribution in [3.63, 3.8) is 0 Å². The summed E-state index contributed by atoms with van der Waals surface area (Å²) >= 11 is 0. The van der Waals surface area contributed by atoms with E-state index in [2.05, 4.69) is 9.71 Å².